The summed E-state index contributed by atoms with van der Waals surface area (Å²) in [5, 5.41) is 15.6. The van der Waals surface area contributed by atoms with Crippen LogP contribution in [0, 0.1) is 0 Å². The molecule has 3 aromatic rings. The van der Waals surface area contributed by atoms with E-state index < -0.39 is 0 Å². The Hall–Kier alpha value is -2.77. The van der Waals surface area contributed by atoms with Gasteiger partial charge in [0.2, 0.25) is 5.91 Å². The van der Waals surface area contributed by atoms with Gasteiger partial charge in [0.15, 0.2) is 10.2 Å². The first-order valence-electron chi connectivity index (χ1n) is 7.05. The van der Waals surface area contributed by atoms with E-state index in [0.29, 0.717) is 5.13 Å². The first-order chi connectivity index (χ1) is 11.6. The maximum absolute atomic E-state index is 11.9. The lowest BCUT2D eigenvalue weighted by molar-refractivity contribution is -0.115. The maximum Gasteiger partial charge on any atom is 0.250 e. The van der Waals surface area contributed by atoms with E-state index in [-0.39, 0.29) is 16.8 Å². The van der Waals surface area contributed by atoms with E-state index in [0.717, 1.165) is 15.8 Å². The third-order valence-electron chi connectivity index (χ3n) is 3.06. The third-order valence-corrected chi connectivity index (χ3v) is 4.19. The van der Waals surface area contributed by atoms with Crippen LogP contribution in [0.25, 0.3) is 16.3 Å². The highest BCUT2D eigenvalue weighted by Gasteiger charge is 2.07. The van der Waals surface area contributed by atoms with Crippen molar-refractivity contribution in [3.8, 4) is 5.75 Å². The molecule has 3 rings (SSSR count). The summed E-state index contributed by atoms with van der Waals surface area (Å²) < 4.78 is 0.829. The standard InChI is InChI=1S/C17H13N3O2S2/c21-12-7-8-13-14(10-12)24-17(18-13)20-16(23)19-15(22)9-6-11-4-2-1-3-5-11/h1-10,21H,(H2,18,19,20,22,23)/b9-6+. The molecular weight excluding hydrogens is 342 g/mol. The summed E-state index contributed by atoms with van der Waals surface area (Å²) >= 11 is 6.45. The van der Waals surface area contributed by atoms with Crippen molar-refractivity contribution in [1.29, 1.82) is 0 Å². The molecule has 2 aromatic carbocycles. The molecule has 0 aliphatic rings. The van der Waals surface area contributed by atoms with Gasteiger partial charge >= 0.3 is 0 Å². The summed E-state index contributed by atoms with van der Waals surface area (Å²) in [6, 6.07) is 14.4. The highest BCUT2D eigenvalue weighted by atomic mass is 32.1. The number of thiocarbonyl (C=S) groups is 1. The van der Waals surface area contributed by atoms with Gasteiger partial charge in [-0.3, -0.25) is 10.1 Å². The van der Waals surface area contributed by atoms with Crippen molar-refractivity contribution in [2.75, 3.05) is 5.32 Å². The fraction of sp³-hybridized carbons (Fsp3) is 0. The number of amides is 1. The Balaban J connectivity index is 1.60. The highest BCUT2D eigenvalue weighted by Crippen LogP contribution is 2.28. The quantitative estimate of drug-likeness (QED) is 0.495. The third kappa shape index (κ3) is 4.15. The number of phenols is 1. The lowest BCUT2D eigenvalue weighted by Gasteiger charge is -2.04. The number of rotatable bonds is 3. The van der Waals surface area contributed by atoms with Crippen molar-refractivity contribution in [3.05, 3.63) is 60.2 Å². The Bertz CT molecular complexity index is 920. The Morgan fingerprint density at radius 1 is 1.21 bits per heavy atom. The smallest absolute Gasteiger partial charge is 0.250 e. The molecule has 120 valence electrons. The number of phenolic OH excluding ortho intramolecular Hbond substituents is 1. The van der Waals surface area contributed by atoms with Gasteiger partial charge in [-0.05, 0) is 42.1 Å². The molecule has 3 N–H and O–H groups in total. The van der Waals surface area contributed by atoms with E-state index in [4.69, 9.17) is 12.2 Å². The molecule has 5 nitrogen and oxygen atoms in total. The Labute approximate surface area is 147 Å². The first kappa shape index (κ1) is 16.1. The number of hydrogen-bond donors (Lipinski definition) is 3. The molecule has 0 radical (unpaired) electrons. The zero-order valence-corrected chi connectivity index (χ0v) is 14.0. The SMILES string of the molecule is O=C(/C=C/c1ccccc1)NC(=S)Nc1nc2ccc(O)cc2s1. The van der Waals surface area contributed by atoms with Gasteiger partial charge in [-0.25, -0.2) is 4.98 Å². The number of nitrogens with zero attached hydrogens (tertiary/aromatic N) is 1. The number of aromatic hydroxyl groups is 1. The number of benzene rings is 2. The van der Waals surface area contributed by atoms with Gasteiger partial charge in [0.1, 0.15) is 5.75 Å². The normalized spacial score (nSPS) is 10.8. The van der Waals surface area contributed by atoms with Crippen molar-refractivity contribution < 1.29 is 9.90 Å². The number of nitrogens with one attached hydrogen (secondary N) is 2. The average Bonchev–Trinajstić information content (AvgIpc) is 2.95. The molecule has 0 unspecified atom stereocenters. The number of fused-ring (bicyclic) bond motifs is 1. The second kappa shape index (κ2) is 7.20. The van der Waals surface area contributed by atoms with Gasteiger partial charge in [0.25, 0.3) is 0 Å². The van der Waals surface area contributed by atoms with Crippen LogP contribution in [0.15, 0.2) is 54.6 Å². The predicted molar refractivity (Wildman–Crippen MR) is 101 cm³/mol. The minimum atomic E-state index is -0.324. The van der Waals surface area contributed by atoms with Crippen LogP contribution in [0.5, 0.6) is 5.75 Å². The Morgan fingerprint density at radius 2 is 2.00 bits per heavy atom. The number of thiazole rings is 1. The second-order valence-corrected chi connectivity index (χ2v) is 6.30. The maximum atomic E-state index is 11.9. The van der Waals surface area contributed by atoms with Crippen LogP contribution < -0.4 is 10.6 Å². The van der Waals surface area contributed by atoms with Gasteiger partial charge < -0.3 is 10.4 Å². The molecule has 0 saturated carbocycles. The fourth-order valence-corrected chi connectivity index (χ4v) is 3.15. The van der Waals surface area contributed by atoms with Gasteiger partial charge in [0, 0.05) is 6.08 Å². The number of anilines is 1. The summed E-state index contributed by atoms with van der Waals surface area (Å²) in [6.07, 6.45) is 3.12. The number of carbonyl (C=O) groups is 1. The minimum absolute atomic E-state index is 0.168. The molecule has 0 bridgehead atoms. The number of aromatic nitrogens is 1. The Morgan fingerprint density at radius 3 is 2.79 bits per heavy atom. The molecule has 7 heteroatoms. The van der Waals surface area contributed by atoms with Gasteiger partial charge in [0.05, 0.1) is 10.2 Å². The van der Waals surface area contributed by atoms with Crippen molar-refractivity contribution in [2.24, 2.45) is 0 Å². The zero-order valence-electron chi connectivity index (χ0n) is 12.4. The van der Waals surface area contributed by atoms with Gasteiger partial charge in [-0.1, -0.05) is 41.7 Å². The summed E-state index contributed by atoms with van der Waals surface area (Å²) in [7, 11) is 0. The van der Waals surface area contributed by atoms with Crippen molar-refractivity contribution in [2.45, 2.75) is 0 Å². The predicted octanol–water partition coefficient (Wildman–Crippen LogP) is 3.53. The van der Waals surface area contributed by atoms with Crippen molar-refractivity contribution >= 4 is 56.0 Å². The van der Waals surface area contributed by atoms with E-state index in [1.54, 1.807) is 24.3 Å². The van der Waals surface area contributed by atoms with Gasteiger partial charge in [-0.2, -0.15) is 0 Å². The lowest BCUT2D eigenvalue weighted by Crippen LogP contribution is -2.32. The molecule has 1 aromatic heterocycles. The van der Waals surface area contributed by atoms with Crippen molar-refractivity contribution in [3.63, 3.8) is 0 Å². The topological polar surface area (TPSA) is 74.2 Å². The molecule has 1 heterocycles. The average molecular weight is 355 g/mol. The molecule has 0 spiro atoms. The van der Waals surface area contributed by atoms with Crippen LogP contribution in [0.3, 0.4) is 0 Å². The summed E-state index contributed by atoms with van der Waals surface area (Å²) in [4.78, 5) is 16.2. The summed E-state index contributed by atoms with van der Waals surface area (Å²) in [5.74, 6) is -0.144. The van der Waals surface area contributed by atoms with E-state index in [2.05, 4.69) is 15.6 Å². The number of carbonyl (C=O) groups excluding carboxylic acids is 1. The molecule has 1 amide bonds. The number of hydrogen-bond acceptors (Lipinski definition) is 5. The lowest BCUT2D eigenvalue weighted by atomic mass is 10.2. The van der Waals surface area contributed by atoms with E-state index in [1.807, 2.05) is 30.3 Å². The van der Waals surface area contributed by atoms with Crippen LogP contribution in [-0.2, 0) is 4.79 Å². The van der Waals surface area contributed by atoms with Crippen LogP contribution in [0.4, 0.5) is 5.13 Å². The molecule has 24 heavy (non-hydrogen) atoms. The zero-order chi connectivity index (χ0) is 16.9. The molecular formula is C17H13N3O2S2. The van der Waals surface area contributed by atoms with Crippen LogP contribution in [0.2, 0.25) is 0 Å². The highest BCUT2D eigenvalue weighted by molar-refractivity contribution is 7.80. The molecule has 0 saturated heterocycles. The first-order valence-corrected chi connectivity index (χ1v) is 8.27. The fourth-order valence-electron chi connectivity index (χ4n) is 1.98. The van der Waals surface area contributed by atoms with Crippen LogP contribution in [0.1, 0.15) is 5.56 Å². The second-order valence-electron chi connectivity index (χ2n) is 4.86. The summed E-state index contributed by atoms with van der Waals surface area (Å²) in [5.41, 5.74) is 1.68. The monoisotopic (exact) mass is 355 g/mol. The summed E-state index contributed by atoms with van der Waals surface area (Å²) in [6.45, 7) is 0. The molecule has 0 aliphatic carbocycles. The molecule has 0 aliphatic heterocycles. The van der Waals surface area contributed by atoms with Crippen LogP contribution in [-0.4, -0.2) is 21.1 Å². The van der Waals surface area contributed by atoms with E-state index in [9.17, 15) is 9.90 Å². The van der Waals surface area contributed by atoms with Crippen molar-refractivity contribution in [1.82, 2.24) is 10.3 Å². The minimum Gasteiger partial charge on any atom is -0.508 e. The largest absolute Gasteiger partial charge is 0.508 e. The van der Waals surface area contributed by atoms with E-state index in [1.165, 1.54) is 17.4 Å². The molecule has 0 atom stereocenters. The van der Waals surface area contributed by atoms with E-state index >= 15 is 0 Å². The van der Waals surface area contributed by atoms with Gasteiger partial charge in [-0.15, -0.1) is 0 Å². The molecule has 0 fully saturated rings. The Kier molecular flexibility index (Phi) is 4.83. The van der Waals surface area contributed by atoms with Crippen LogP contribution >= 0.6 is 23.6 Å².